The molecule has 0 N–H and O–H groups in total. The predicted octanol–water partition coefficient (Wildman–Crippen LogP) is 3.14. The van der Waals surface area contributed by atoms with Crippen molar-refractivity contribution in [3.63, 3.8) is 0 Å². The van der Waals surface area contributed by atoms with E-state index in [9.17, 15) is 4.79 Å². The van der Waals surface area contributed by atoms with Crippen LogP contribution in [0, 0.1) is 0 Å². The molecule has 1 rings (SSSR count). The molecule has 0 radical (unpaired) electrons. The fraction of sp³-hybridized carbons (Fsp3) is 0.385. The third-order valence-corrected chi connectivity index (χ3v) is 2.64. The van der Waals surface area contributed by atoms with Gasteiger partial charge >= 0.3 is 5.97 Å². The molecule has 0 heterocycles. The summed E-state index contributed by atoms with van der Waals surface area (Å²) in [5.74, 6) is -0.286. The fourth-order valence-corrected chi connectivity index (χ4v) is 1.82. The molecular formula is C13H16O2S. The first kappa shape index (κ1) is 12.8. The van der Waals surface area contributed by atoms with Gasteiger partial charge in [-0.2, -0.15) is 0 Å². The van der Waals surface area contributed by atoms with E-state index in [-0.39, 0.29) is 5.97 Å². The van der Waals surface area contributed by atoms with Crippen LogP contribution >= 0.6 is 12.2 Å². The standard InChI is InChI=1S/C13H16O2S/c1-4-15-13(14)12(9(2)3)10-7-5-6-8-11(10)16/h5-7H,4,8H2,1-3H3. The van der Waals surface area contributed by atoms with E-state index < -0.39 is 0 Å². The zero-order chi connectivity index (χ0) is 12.1. The van der Waals surface area contributed by atoms with Gasteiger partial charge in [0.2, 0.25) is 0 Å². The SMILES string of the molecule is CCOC(=O)C(C1=CC=CCC1=S)=C(C)C. The van der Waals surface area contributed by atoms with Crippen molar-refractivity contribution in [2.75, 3.05) is 6.61 Å². The molecule has 1 aliphatic carbocycles. The predicted molar refractivity (Wildman–Crippen MR) is 69.4 cm³/mol. The van der Waals surface area contributed by atoms with Crippen molar-refractivity contribution in [2.24, 2.45) is 0 Å². The number of hydrogen-bond acceptors (Lipinski definition) is 3. The zero-order valence-corrected chi connectivity index (χ0v) is 10.7. The molecule has 0 spiro atoms. The molecule has 1 aliphatic rings. The Balaban J connectivity index is 3.09. The van der Waals surface area contributed by atoms with Crippen molar-refractivity contribution in [3.8, 4) is 0 Å². The maximum atomic E-state index is 11.8. The molecule has 0 aromatic heterocycles. The number of rotatable bonds is 3. The third-order valence-electron chi connectivity index (χ3n) is 2.25. The maximum absolute atomic E-state index is 11.8. The maximum Gasteiger partial charge on any atom is 0.338 e. The first-order valence-electron chi connectivity index (χ1n) is 5.33. The number of esters is 1. The van der Waals surface area contributed by atoms with Gasteiger partial charge < -0.3 is 4.74 Å². The van der Waals surface area contributed by atoms with Gasteiger partial charge in [0.1, 0.15) is 0 Å². The van der Waals surface area contributed by atoms with E-state index in [1.807, 2.05) is 32.1 Å². The lowest BCUT2D eigenvalue weighted by atomic mass is 9.94. The lowest BCUT2D eigenvalue weighted by Gasteiger charge is -2.15. The molecule has 2 nitrogen and oxygen atoms in total. The lowest BCUT2D eigenvalue weighted by Crippen LogP contribution is -2.16. The van der Waals surface area contributed by atoms with Gasteiger partial charge in [-0.1, -0.05) is 36.0 Å². The van der Waals surface area contributed by atoms with E-state index >= 15 is 0 Å². The van der Waals surface area contributed by atoms with E-state index in [4.69, 9.17) is 17.0 Å². The van der Waals surface area contributed by atoms with Crippen molar-refractivity contribution in [1.82, 2.24) is 0 Å². The monoisotopic (exact) mass is 236 g/mol. The first-order chi connectivity index (χ1) is 7.57. The van der Waals surface area contributed by atoms with Crippen molar-refractivity contribution >= 4 is 23.1 Å². The zero-order valence-electron chi connectivity index (χ0n) is 9.87. The second kappa shape index (κ2) is 5.75. The molecule has 0 amide bonds. The quantitative estimate of drug-likeness (QED) is 0.428. The summed E-state index contributed by atoms with van der Waals surface area (Å²) in [4.78, 5) is 12.6. The van der Waals surface area contributed by atoms with Gasteiger partial charge in [-0.3, -0.25) is 0 Å². The first-order valence-corrected chi connectivity index (χ1v) is 5.73. The molecule has 0 unspecified atom stereocenters. The van der Waals surface area contributed by atoms with Crippen LogP contribution in [-0.4, -0.2) is 17.4 Å². The Kier molecular flexibility index (Phi) is 4.62. The normalized spacial score (nSPS) is 14.4. The minimum absolute atomic E-state index is 0.286. The summed E-state index contributed by atoms with van der Waals surface area (Å²) < 4.78 is 5.05. The summed E-state index contributed by atoms with van der Waals surface area (Å²) in [6.07, 6.45) is 6.51. The Labute approximate surface area is 102 Å². The van der Waals surface area contributed by atoms with Crippen LogP contribution in [0.3, 0.4) is 0 Å². The molecule has 16 heavy (non-hydrogen) atoms. The summed E-state index contributed by atoms with van der Waals surface area (Å²) in [5.41, 5.74) is 2.37. The minimum Gasteiger partial charge on any atom is -0.462 e. The second-order valence-electron chi connectivity index (χ2n) is 3.73. The van der Waals surface area contributed by atoms with Crippen LogP contribution in [0.5, 0.6) is 0 Å². The van der Waals surface area contributed by atoms with E-state index in [0.29, 0.717) is 12.2 Å². The van der Waals surface area contributed by atoms with Crippen LogP contribution in [0.15, 0.2) is 34.9 Å². The van der Waals surface area contributed by atoms with E-state index in [0.717, 1.165) is 22.4 Å². The largest absolute Gasteiger partial charge is 0.462 e. The van der Waals surface area contributed by atoms with Crippen molar-refractivity contribution in [1.29, 1.82) is 0 Å². The van der Waals surface area contributed by atoms with Crippen LogP contribution < -0.4 is 0 Å². The van der Waals surface area contributed by atoms with Crippen LogP contribution in [0.2, 0.25) is 0 Å². The molecule has 0 fully saturated rings. The van der Waals surface area contributed by atoms with Gasteiger partial charge in [0.05, 0.1) is 12.2 Å². The van der Waals surface area contributed by atoms with Crippen LogP contribution in [-0.2, 0) is 9.53 Å². The summed E-state index contributed by atoms with van der Waals surface area (Å²) in [7, 11) is 0. The summed E-state index contributed by atoms with van der Waals surface area (Å²) in [6.45, 7) is 5.97. The Bertz CT molecular complexity index is 396. The Morgan fingerprint density at radius 2 is 2.19 bits per heavy atom. The molecule has 0 aliphatic heterocycles. The van der Waals surface area contributed by atoms with Gasteiger partial charge in [-0.25, -0.2) is 4.79 Å². The average Bonchev–Trinajstić information content (AvgIpc) is 2.21. The van der Waals surface area contributed by atoms with Gasteiger partial charge in [0.25, 0.3) is 0 Å². The topological polar surface area (TPSA) is 26.3 Å². The summed E-state index contributed by atoms with van der Waals surface area (Å²) in [5, 5.41) is 0. The van der Waals surface area contributed by atoms with Gasteiger partial charge in [0.15, 0.2) is 0 Å². The van der Waals surface area contributed by atoms with E-state index in [1.165, 1.54) is 0 Å². The fourth-order valence-electron chi connectivity index (χ4n) is 1.55. The van der Waals surface area contributed by atoms with Crippen molar-refractivity contribution < 1.29 is 9.53 Å². The highest BCUT2D eigenvalue weighted by atomic mass is 32.1. The number of carbonyl (C=O) groups excluding carboxylic acids is 1. The highest BCUT2D eigenvalue weighted by Crippen LogP contribution is 2.22. The van der Waals surface area contributed by atoms with Gasteiger partial charge in [-0.15, -0.1) is 0 Å². The summed E-state index contributed by atoms with van der Waals surface area (Å²) in [6, 6.07) is 0. The number of thiocarbonyl (C=S) groups is 1. The average molecular weight is 236 g/mol. The number of hydrogen-bond donors (Lipinski definition) is 0. The van der Waals surface area contributed by atoms with Crippen LogP contribution in [0.25, 0.3) is 0 Å². The Morgan fingerprint density at radius 1 is 1.50 bits per heavy atom. The van der Waals surface area contributed by atoms with Crippen molar-refractivity contribution in [3.05, 3.63) is 34.9 Å². The van der Waals surface area contributed by atoms with E-state index in [2.05, 4.69) is 0 Å². The van der Waals surface area contributed by atoms with Crippen LogP contribution in [0.4, 0.5) is 0 Å². The van der Waals surface area contributed by atoms with E-state index in [1.54, 1.807) is 6.92 Å². The molecule has 0 saturated carbocycles. The molecule has 86 valence electrons. The molecule has 0 aromatic rings. The van der Waals surface area contributed by atoms with Crippen molar-refractivity contribution in [2.45, 2.75) is 27.2 Å². The minimum atomic E-state index is -0.286. The molecule has 0 bridgehead atoms. The molecular weight excluding hydrogens is 220 g/mol. The molecule has 0 aromatic carbocycles. The second-order valence-corrected chi connectivity index (χ2v) is 4.22. The molecule has 3 heteroatoms. The van der Waals surface area contributed by atoms with Gasteiger partial charge in [0, 0.05) is 16.9 Å². The smallest absolute Gasteiger partial charge is 0.338 e. The summed E-state index contributed by atoms with van der Waals surface area (Å²) >= 11 is 5.26. The number of ether oxygens (including phenoxy) is 1. The van der Waals surface area contributed by atoms with Gasteiger partial charge in [-0.05, 0) is 20.8 Å². The lowest BCUT2D eigenvalue weighted by molar-refractivity contribution is -0.138. The number of allylic oxidation sites excluding steroid dienone is 4. The Morgan fingerprint density at radius 3 is 2.69 bits per heavy atom. The number of carbonyl (C=O) groups is 1. The Hall–Kier alpha value is -1.22. The molecule has 0 saturated heterocycles. The molecule has 0 atom stereocenters. The highest BCUT2D eigenvalue weighted by molar-refractivity contribution is 7.80. The highest BCUT2D eigenvalue weighted by Gasteiger charge is 2.20. The van der Waals surface area contributed by atoms with Crippen LogP contribution in [0.1, 0.15) is 27.2 Å². The third kappa shape index (κ3) is 2.89.